The molecule has 0 spiro atoms. The molecule has 1 aromatic rings. The SMILES string of the molecule is NCCNC(=O)c1ccc(N)cc1. The van der Waals surface area contributed by atoms with Crippen LogP contribution < -0.4 is 16.8 Å². The van der Waals surface area contributed by atoms with Crippen molar-refractivity contribution in [3.8, 4) is 0 Å². The molecule has 0 aliphatic heterocycles. The van der Waals surface area contributed by atoms with Gasteiger partial charge >= 0.3 is 0 Å². The molecule has 13 heavy (non-hydrogen) atoms. The van der Waals surface area contributed by atoms with Crippen molar-refractivity contribution in [3.63, 3.8) is 0 Å². The Morgan fingerprint density at radius 3 is 2.46 bits per heavy atom. The van der Waals surface area contributed by atoms with Crippen molar-refractivity contribution in [1.29, 1.82) is 0 Å². The van der Waals surface area contributed by atoms with Gasteiger partial charge in [0.2, 0.25) is 0 Å². The molecule has 0 fully saturated rings. The van der Waals surface area contributed by atoms with Crippen LogP contribution in [0.4, 0.5) is 5.69 Å². The van der Waals surface area contributed by atoms with E-state index < -0.39 is 0 Å². The minimum atomic E-state index is -0.120. The zero-order valence-corrected chi connectivity index (χ0v) is 7.29. The van der Waals surface area contributed by atoms with Gasteiger partial charge in [-0.1, -0.05) is 0 Å². The van der Waals surface area contributed by atoms with E-state index in [1.807, 2.05) is 0 Å². The summed E-state index contributed by atoms with van der Waals surface area (Å²) in [6, 6.07) is 6.75. The Morgan fingerprint density at radius 2 is 1.92 bits per heavy atom. The molecule has 4 heteroatoms. The second-order valence-electron chi connectivity index (χ2n) is 2.67. The molecule has 70 valence electrons. The molecule has 5 N–H and O–H groups in total. The van der Waals surface area contributed by atoms with Crippen LogP contribution in [-0.2, 0) is 0 Å². The molecule has 0 aromatic heterocycles. The van der Waals surface area contributed by atoms with E-state index in [2.05, 4.69) is 5.32 Å². The molecule has 1 aromatic carbocycles. The largest absolute Gasteiger partial charge is 0.399 e. The topological polar surface area (TPSA) is 81.1 Å². The van der Waals surface area contributed by atoms with Crippen LogP contribution in [0.3, 0.4) is 0 Å². The summed E-state index contributed by atoms with van der Waals surface area (Å²) in [5, 5.41) is 2.66. The van der Waals surface area contributed by atoms with Crippen molar-refractivity contribution >= 4 is 11.6 Å². The average Bonchev–Trinajstić information content (AvgIpc) is 2.15. The molecule has 0 aliphatic carbocycles. The van der Waals surface area contributed by atoms with Crippen LogP contribution in [0.25, 0.3) is 0 Å². The Kier molecular flexibility index (Phi) is 3.28. The van der Waals surface area contributed by atoms with E-state index in [-0.39, 0.29) is 5.91 Å². The maximum Gasteiger partial charge on any atom is 0.251 e. The molecule has 0 aliphatic rings. The Labute approximate surface area is 76.9 Å². The summed E-state index contributed by atoms with van der Waals surface area (Å²) >= 11 is 0. The number of carbonyl (C=O) groups is 1. The number of nitrogen functional groups attached to an aromatic ring is 1. The van der Waals surface area contributed by atoms with Gasteiger partial charge in [0.1, 0.15) is 0 Å². The van der Waals surface area contributed by atoms with Crippen molar-refractivity contribution in [1.82, 2.24) is 5.32 Å². The van der Waals surface area contributed by atoms with E-state index in [9.17, 15) is 4.79 Å². The molecule has 1 amide bonds. The lowest BCUT2D eigenvalue weighted by atomic mass is 10.2. The van der Waals surface area contributed by atoms with Crippen LogP contribution in [-0.4, -0.2) is 19.0 Å². The van der Waals surface area contributed by atoms with Gasteiger partial charge in [-0.2, -0.15) is 0 Å². The Morgan fingerprint density at radius 1 is 1.31 bits per heavy atom. The minimum Gasteiger partial charge on any atom is -0.399 e. The number of nitrogens with one attached hydrogen (secondary N) is 1. The van der Waals surface area contributed by atoms with Crippen LogP contribution in [0.15, 0.2) is 24.3 Å². The monoisotopic (exact) mass is 179 g/mol. The predicted molar refractivity (Wildman–Crippen MR) is 52.2 cm³/mol. The summed E-state index contributed by atoms with van der Waals surface area (Å²) in [7, 11) is 0. The van der Waals surface area contributed by atoms with E-state index >= 15 is 0 Å². The number of nitrogens with two attached hydrogens (primary N) is 2. The fourth-order valence-corrected chi connectivity index (χ4v) is 0.922. The highest BCUT2D eigenvalue weighted by Crippen LogP contribution is 2.04. The molecule has 0 radical (unpaired) electrons. The molecule has 0 saturated heterocycles. The Balaban J connectivity index is 2.61. The van der Waals surface area contributed by atoms with E-state index in [4.69, 9.17) is 11.5 Å². The Hall–Kier alpha value is -1.55. The van der Waals surface area contributed by atoms with Crippen LogP contribution >= 0.6 is 0 Å². The van der Waals surface area contributed by atoms with Gasteiger partial charge in [0.25, 0.3) is 5.91 Å². The van der Waals surface area contributed by atoms with E-state index in [0.29, 0.717) is 24.3 Å². The van der Waals surface area contributed by atoms with Gasteiger partial charge in [-0.25, -0.2) is 0 Å². The molecule has 0 unspecified atom stereocenters. The third-order valence-electron chi connectivity index (χ3n) is 1.60. The van der Waals surface area contributed by atoms with Gasteiger partial charge in [0.15, 0.2) is 0 Å². The number of rotatable bonds is 3. The quantitative estimate of drug-likeness (QED) is 0.569. The summed E-state index contributed by atoms with van der Waals surface area (Å²) in [6.45, 7) is 0.934. The molecule has 4 nitrogen and oxygen atoms in total. The summed E-state index contributed by atoms with van der Waals surface area (Å²) in [5.41, 5.74) is 12.0. The highest BCUT2D eigenvalue weighted by Gasteiger charge is 2.02. The first-order valence-corrected chi connectivity index (χ1v) is 4.08. The lowest BCUT2D eigenvalue weighted by Crippen LogP contribution is -2.28. The van der Waals surface area contributed by atoms with Crippen molar-refractivity contribution in [2.75, 3.05) is 18.8 Å². The number of benzene rings is 1. The van der Waals surface area contributed by atoms with Gasteiger partial charge < -0.3 is 16.8 Å². The second kappa shape index (κ2) is 4.47. The first-order chi connectivity index (χ1) is 6.24. The number of hydrogen-bond donors (Lipinski definition) is 3. The molecule has 0 saturated carbocycles. The maximum absolute atomic E-state index is 11.3. The zero-order valence-electron chi connectivity index (χ0n) is 7.29. The highest BCUT2D eigenvalue weighted by atomic mass is 16.1. The van der Waals surface area contributed by atoms with Crippen LogP contribution in [0.5, 0.6) is 0 Å². The van der Waals surface area contributed by atoms with Gasteiger partial charge in [-0.3, -0.25) is 4.79 Å². The van der Waals surface area contributed by atoms with Crippen LogP contribution in [0.1, 0.15) is 10.4 Å². The number of amides is 1. The van der Waals surface area contributed by atoms with Crippen molar-refractivity contribution in [3.05, 3.63) is 29.8 Å². The maximum atomic E-state index is 11.3. The number of hydrogen-bond acceptors (Lipinski definition) is 3. The van der Waals surface area contributed by atoms with E-state index in [1.165, 1.54) is 0 Å². The lowest BCUT2D eigenvalue weighted by molar-refractivity contribution is 0.0955. The third-order valence-corrected chi connectivity index (χ3v) is 1.60. The van der Waals surface area contributed by atoms with Crippen molar-refractivity contribution in [2.24, 2.45) is 5.73 Å². The van der Waals surface area contributed by atoms with Gasteiger partial charge in [0, 0.05) is 24.3 Å². The molecule has 0 atom stereocenters. The minimum absolute atomic E-state index is 0.120. The van der Waals surface area contributed by atoms with Crippen LogP contribution in [0, 0.1) is 0 Å². The normalized spacial score (nSPS) is 9.62. The fraction of sp³-hybridized carbons (Fsp3) is 0.222. The first-order valence-electron chi connectivity index (χ1n) is 4.08. The summed E-state index contributed by atoms with van der Waals surface area (Å²) in [5.74, 6) is -0.120. The van der Waals surface area contributed by atoms with Crippen LogP contribution in [0.2, 0.25) is 0 Å². The van der Waals surface area contributed by atoms with Crippen molar-refractivity contribution in [2.45, 2.75) is 0 Å². The zero-order chi connectivity index (χ0) is 9.68. The highest BCUT2D eigenvalue weighted by molar-refractivity contribution is 5.94. The van der Waals surface area contributed by atoms with E-state index in [1.54, 1.807) is 24.3 Å². The summed E-state index contributed by atoms with van der Waals surface area (Å²) < 4.78 is 0. The second-order valence-corrected chi connectivity index (χ2v) is 2.67. The van der Waals surface area contributed by atoms with E-state index in [0.717, 1.165) is 0 Å². The Bertz CT molecular complexity index is 281. The summed E-state index contributed by atoms with van der Waals surface area (Å²) in [4.78, 5) is 11.3. The fourth-order valence-electron chi connectivity index (χ4n) is 0.922. The standard InChI is InChI=1S/C9H13N3O/c10-5-6-12-9(13)7-1-3-8(11)4-2-7/h1-4H,5-6,10-11H2,(H,12,13). The molecule has 0 bridgehead atoms. The molecular weight excluding hydrogens is 166 g/mol. The first kappa shape index (κ1) is 9.54. The van der Waals surface area contributed by atoms with Gasteiger partial charge in [0.05, 0.1) is 0 Å². The smallest absolute Gasteiger partial charge is 0.251 e. The molecular formula is C9H13N3O. The molecule has 0 heterocycles. The predicted octanol–water partition coefficient (Wildman–Crippen LogP) is -0.0427. The number of carbonyl (C=O) groups excluding carboxylic acids is 1. The number of anilines is 1. The average molecular weight is 179 g/mol. The summed E-state index contributed by atoms with van der Waals surface area (Å²) in [6.07, 6.45) is 0. The van der Waals surface area contributed by atoms with Crippen molar-refractivity contribution < 1.29 is 4.79 Å². The lowest BCUT2D eigenvalue weighted by Gasteiger charge is -2.02. The van der Waals surface area contributed by atoms with Gasteiger partial charge in [-0.05, 0) is 24.3 Å². The van der Waals surface area contributed by atoms with Gasteiger partial charge in [-0.15, -0.1) is 0 Å². The third kappa shape index (κ3) is 2.76. The molecule has 1 rings (SSSR count).